The van der Waals surface area contributed by atoms with E-state index in [1.807, 2.05) is 0 Å². The Balaban J connectivity index is 3.12. The number of carbonyl (C=O) groups excluding carboxylic acids is 1. The summed E-state index contributed by atoms with van der Waals surface area (Å²) in [5, 5.41) is 2.92. The zero-order valence-electron chi connectivity index (χ0n) is 6.59. The first-order valence-electron chi connectivity index (χ1n) is 3.38. The topological polar surface area (TPSA) is 42.0 Å². The molecule has 58 valence electrons. The fourth-order valence-electron chi connectivity index (χ4n) is 0.893. The lowest BCUT2D eigenvalue weighted by molar-refractivity contribution is 0.101. The van der Waals surface area contributed by atoms with Crippen LogP contribution in [0.15, 0.2) is 18.5 Å². The Kier molecular flexibility index (Phi) is 2.21. The number of rotatable bonds is 2. The van der Waals surface area contributed by atoms with Crippen molar-refractivity contribution in [1.29, 1.82) is 0 Å². The highest BCUT2D eigenvalue weighted by atomic mass is 16.1. The monoisotopic (exact) mass is 150 g/mol. The van der Waals surface area contributed by atoms with Crippen LogP contribution in [0.2, 0.25) is 0 Å². The van der Waals surface area contributed by atoms with Gasteiger partial charge in [0.1, 0.15) is 0 Å². The van der Waals surface area contributed by atoms with Crippen LogP contribution in [0, 0.1) is 0 Å². The lowest BCUT2D eigenvalue weighted by Crippen LogP contribution is -2.00. The van der Waals surface area contributed by atoms with E-state index in [2.05, 4.69) is 10.3 Å². The molecule has 0 radical (unpaired) electrons. The fraction of sp³-hybridized carbons (Fsp3) is 0.250. The molecular formula is C8H10N2O. The van der Waals surface area contributed by atoms with E-state index in [0.717, 1.165) is 5.69 Å². The second-order valence-electron chi connectivity index (χ2n) is 2.23. The van der Waals surface area contributed by atoms with E-state index in [1.165, 1.54) is 6.92 Å². The molecule has 1 aromatic heterocycles. The van der Waals surface area contributed by atoms with Crippen LogP contribution in [0.4, 0.5) is 5.69 Å². The zero-order chi connectivity index (χ0) is 8.27. The highest BCUT2D eigenvalue weighted by Crippen LogP contribution is 2.12. The Labute approximate surface area is 65.5 Å². The van der Waals surface area contributed by atoms with Crippen LogP contribution in [-0.4, -0.2) is 17.8 Å². The number of hydrogen-bond acceptors (Lipinski definition) is 3. The molecule has 3 heteroatoms. The van der Waals surface area contributed by atoms with Gasteiger partial charge in [0.15, 0.2) is 5.78 Å². The summed E-state index contributed by atoms with van der Waals surface area (Å²) in [6.45, 7) is 1.53. The van der Waals surface area contributed by atoms with E-state index in [1.54, 1.807) is 25.5 Å². The highest BCUT2D eigenvalue weighted by Gasteiger charge is 2.03. The molecule has 0 spiro atoms. The molecule has 3 nitrogen and oxygen atoms in total. The third-order valence-electron chi connectivity index (χ3n) is 1.47. The second kappa shape index (κ2) is 3.14. The minimum Gasteiger partial charge on any atom is -0.387 e. The molecule has 0 fully saturated rings. The number of nitrogens with one attached hydrogen (secondary N) is 1. The molecule has 1 N–H and O–H groups in total. The summed E-state index contributed by atoms with van der Waals surface area (Å²) in [5.41, 5.74) is 1.46. The van der Waals surface area contributed by atoms with Gasteiger partial charge in [-0.15, -0.1) is 0 Å². The fourth-order valence-corrected chi connectivity index (χ4v) is 0.893. The zero-order valence-corrected chi connectivity index (χ0v) is 6.59. The molecule has 1 aromatic rings. The molecule has 0 aliphatic carbocycles. The first-order valence-corrected chi connectivity index (χ1v) is 3.38. The summed E-state index contributed by atoms with van der Waals surface area (Å²) in [4.78, 5) is 14.8. The van der Waals surface area contributed by atoms with E-state index >= 15 is 0 Å². The van der Waals surface area contributed by atoms with E-state index in [4.69, 9.17) is 0 Å². The van der Waals surface area contributed by atoms with Crippen LogP contribution >= 0.6 is 0 Å². The summed E-state index contributed by atoms with van der Waals surface area (Å²) < 4.78 is 0. The van der Waals surface area contributed by atoms with Gasteiger partial charge in [0.25, 0.3) is 0 Å². The first kappa shape index (κ1) is 7.72. The van der Waals surface area contributed by atoms with Gasteiger partial charge in [-0.1, -0.05) is 0 Å². The van der Waals surface area contributed by atoms with Crippen molar-refractivity contribution in [3.8, 4) is 0 Å². The minimum atomic E-state index is 0.0300. The molecule has 1 rings (SSSR count). The molecule has 0 aromatic carbocycles. The SMILES string of the molecule is CNc1ccncc1C(C)=O. The summed E-state index contributed by atoms with van der Waals surface area (Å²) in [7, 11) is 1.78. The van der Waals surface area contributed by atoms with Crippen molar-refractivity contribution in [2.24, 2.45) is 0 Å². The number of carbonyl (C=O) groups is 1. The van der Waals surface area contributed by atoms with Gasteiger partial charge < -0.3 is 5.32 Å². The molecule has 0 unspecified atom stereocenters. The van der Waals surface area contributed by atoms with Gasteiger partial charge in [-0.2, -0.15) is 0 Å². The van der Waals surface area contributed by atoms with Crippen molar-refractivity contribution >= 4 is 11.5 Å². The van der Waals surface area contributed by atoms with Crippen molar-refractivity contribution in [2.75, 3.05) is 12.4 Å². The average Bonchev–Trinajstić information content (AvgIpc) is 2.04. The Morgan fingerprint density at radius 3 is 2.82 bits per heavy atom. The van der Waals surface area contributed by atoms with E-state index in [-0.39, 0.29) is 5.78 Å². The van der Waals surface area contributed by atoms with E-state index < -0.39 is 0 Å². The molecule has 0 atom stereocenters. The Bertz CT molecular complexity index is 271. The van der Waals surface area contributed by atoms with Gasteiger partial charge in [-0.3, -0.25) is 9.78 Å². The van der Waals surface area contributed by atoms with Crippen LogP contribution in [0.5, 0.6) is 0 Å². The van der Waals surface area contributed by atoms with Gasteiger partial charge in [-0.25, -0.2) is 0 Å². The van der Waals surface area contributed by atoms with Crippen molar-refractivity contribution in [2.45, 2.75) is 6.92 Å². The number of pyridine rings is 1. The number of Topliss-reactive ketones (excluding diaryl/α,β-unsaturated/α-hetero) is 1. The lowest BCUT2D eigenvalue weighted by Gasteiger charge is -2.03. The van der Waals surface area contributed by atoms with Crippen LogP contribution in [-0.2, 0) is 0 Å². The third-order valence-corrected chi connectivity index (χ3v) is 1.47. The second-order valence-corrected chi connectivity index (χ2v) is 2.23. The molecule has 0 saturated heterocycles. The number of anilines is 1. The van der Waals surface area contributed by atoms with Gasteiger partial charge in [0.2, 0.25) is 0 Å². The standard InChI is InChI=1S/C8H10N2O/c1-6(11)7-5-10-4-3-8(7)9-2/h3-5H,1-2H3,(H,9,10). The first-order chi connectivity index (χ1) is 5.25. The summed E-state index contributed by atoms with van der Waals surface area (Å²) in [6, 6.07) is 1.77. The van der Waals surface area contributed by atoms with Gasteiger partial charge in [-0.05, 0) is 13.0 Å². The summed E-state index contributed by atoms with van der Waals surface area (Å²) >= 11 is 0. The molecule has 0 amide bonds. The predicted molar refractivity (Wildman–Crippen MR) is 43.8 cm³/mol. The largest absolute Gasteiger partial charge is 0.387 e. The van der Waals surface area contributed by atoms with Crippen LogP contribution in [0.1, 0.15) is 17.3 Å². The van der Waals surface area contributed by atoms with Crippen LogP contribution in [0.3, 0.4) is 0 Å². The van der Waals surface area contributed by atoms with E-state index in [9.17, 15) is 4.79 Å². The van der Waals surface area contributed by atoms with Gasteiger partial charge >= 0.3 is 0 Å². The summed E-state index contributed by atoms with van der Waals surface area (Å²) in [5.74, 6) is 0.0300. The minimum absolute atomic E-state index is 0.0300. The highest BCUT2D eigenvalue weighted by molar-refractivity contribution is 5.99. The number of nitrogens with zero attached hydrogens (tertiary/aromatic N) is 1. The van der Waals surface area contributed by atoms with Gasteiger partial charge in [0.05, 0.1) is 5.56 Å². The maximum atomic E-state index is 10.9. The Hall–Kier alpha value is -1.38. The average molecular weight is 150 g/mol. The molecule has 0 aliphatic heterocycles. The predicted octanol–water partition coefficient (Wildman–Crippen LogP) is 1.33. The van der Waals surface area contributed by atoms with Crippen LogP contribution in [0.25, 0.3) is 0 Å². The molecule has 1 heterocycles. The van der Waals surface area contributed by atoms with E-state index in [0.29, 0.717) is 5.56 Å². The van der Waals surface area contributed by atoms with Crippen LogP contribution < -0.4 is 5.32 Å². The normalized spacial score (nSPS) is 9.27. The third kappa shape index (κ3) is 1.55. The van der Waals surface area contributed by atoms with Gasteiger partial charge in [0, 0.05) is 25.1 Å². The number of aromatic nitrogens is 1. The molecule has 0 aliphatic rings. The molecular weight excluding hydrogens is 140 g/mol. The quantitative estimate of drug-likeness (QED) is 0.646. The van der Waals surface area contributed by atoms with Crippen molar-refractivity contribution in [3.05, 3.63) is 24.0 Å². The number of hydrogen-bond donors (Lipinski definition) is 1. The Morgan fingerprint density at radius 1 is 1.64 bits per heavy atom. The molecule has 11 heavy (non-hydrogen) atoms. The number of ketones is 1. The van der Waals surface area contributed by atoms with Crippen molar-refractivity contribution in [1.82, 2.24) is 4.98 Å². The molecule has 0 bridgehead atoms. The maximum absolute atomic E-state index is 10.9. The smallest absolute Gasteiger partial charge is 0.163 e. The van der Waals surface area contributed by atoms with Crippen molar-refractivity contribution < 1.29 is 4.79 Å². The maximum Gasteiger partial charge on any atom is 0.163 e. The Morgan fingerprint density at radius 2 is 2.36 bits per heavy atom. The summed E-state index contributed by atoms with van der Waals surface area (Å²) in [6.07, 6.45) is 3.21. The molecule has 0 saturated carbocycles. The van der Waals surface area contributed by atoms with Crippen molar-refractivity contribution in [3.63, 3.8) is 0 Å². The lowest BCUT2D eigenvalue weighted by atomic mass is 10.2.